The van der Waals surface area contributed by atoms with Crippen molar-refractivity contribution in [2.45, 2.75) is 146 Å². The molecule has 69 heavy (non-hydrogen) atoms. The van der Waals surface area contributed by atoms with Crippen molar-refractivity contribution in [3.8, 4) is 0 Å². The number of benzene rings is 2. The molecule has 396 valence electrons. The van der Waals surface area contributed by atoms with Crippen molar-refractivity contribution in [2.24, 2.45) is 5.92 Å². The Bertz CT molecular complexity index is 1990. The van der Waals surface area contributed by atoms with Crippen LogP contribution < -0.4 is 9.80 Å². The SMILES string of the molecule is CC.CCC(C)C1N(c2c(C)cc(/C=C/C(F)(F)C(F)(F)C(F)(F)C(F)(F)C(F)(F)C(C)(F)F)cc2C)CCN1c1c(C)cc(/C=C/C(F)(F)C(F)(F)C(F)(F)C(F)(F)C(F)(F)C(F)(F)F)cc1C. The molecule has 0 spiro atoms. The van der Waals surface area contributed by atoms with Crippen LogP contribution in [0.5, 0.6) is 0 Å². The van der Waals surface area contributed by atoms with Crippen LogP contribution in [0.4, 0.5) is 121 Å². The van der Waals surface area contributed by atoms with Crippen LogP contribution in [0.1, 0.15) is 74.4 Å². The average molecular weight is 1050 g/mol. The smallest absolute Gasteiger partial charge is 0.349 e. The van der Waals surface area contributed by atoms with Gasteiger partial charge in [0.05, 0.1) is 0 Å². The van der Waals surface area contributed by atoms with Gasteiger partial charge in [-0.2, -0.15) is 110 Å². The maximum atomic E-state index is 14.6. The Hall–Kier alpha value is -4.23. The molecule has 3 rings (SSSR count). The van der Waals surface area contributed by atoms with Crippen molar-refractivity contribution in [2.75, 3.05) is 22.9 Å². The number of allylic oxidation sites excluding steroid dienone is 2. The molecular weight excluding hydrogens is 1010 g/mol. The number of nitrogens with zero attached hydrogens (tertiary/aromatic N) is 2. The zero-order valence-corrected chi connectivity index (χ0v) is 37.2. The van der Waals surface area contributed by atoms with Gasteiger partial charge in [-0.1, -0.05) is 39.8 Å². The number of halogens is 25. The predicted octanol–water partition coefficient (Wildman–Crippen LogP) is 16.2. The van der Waals surface area contributed by atoms with E-state index in [2.05, 4.69) is 0 Å². The van der Waals surface area contributed by atoms with Gasteiger partial charge in [0, 0.05) is 31.4 Å². The van der Waals surface area contributed by atoms with E-state index < -0.39 is 108 Å². The monoisotopic (exact) mass is 1050 g/mol. The third kappa shape index (κ3) is 9.90. The molecule has 0 radical (unpaired) electrons. The molecule has 2 aromatic carbocycles. The molecule has 0 amide bonds. The normalized spacial score (nSPS) is 17.6. The maximum Gasteiger partial charge on any atom is 0.460 e. The van der Waals surface area contributed by atoms with E-state index in [4.69, 9.17) is 0 Å². The highest BCUT2D eigenvalue weighted by molar-refractivity contribution is 5.71. The summed E-state index contributed by atoms with van der Waals surface area (Å²) in [4.78, 5) is 3.46. The van der Waals surface area contributed by atoms with E-state index >= 15 is 0 Å². The second-order valence-electron chi connectivity index (χ2n) is 16.1. The van der Waals surface area contributed by atoms with E-state index in [1.54, 1.807) is 23.6 Å². The molecule has 1 saturated heterocycles. The highest BCUT2D eigenvalue weighted by atomic mass is 19.4. The summed E-state index contributed by atoms with van der Waals surface area (Å²) in [7, 11) is 0. The van der Waals surface area contributed by atoms with Gasteiger partial charge in [-0.15, -0.1) is 0 Å². The number of hydrogen-bond donors (Lipinski definition) is 0. The van der Waals surface area contributed by atoms with Gasteiger partial charge in [0.1, 0.15) is 6.17 Å². The summed E-state index contributed by atoms with van der Waals surface area (Å²) in [5, 5.41) is 0. The largest absolute Gasteiger partial charge is 0.460 e. The molecule has 0 aliphatic carbocycles. The van der Waals surface area contributed by atoms with Gasteiger partial charge in [0.25, 0.3) is 0 Å². The molecular formula is C42H43F25N2. The summed E-state index contributed by atoms with van der Waals surface area (Å²) < 4.78 is 345. The first-order valence-electron chi connectivity index (χ1n) is 20.0. The first-order chi connectivity index (χ1) is 30.6. The quantitative estimate of drug-likeness (QED) is 0.146. The molecule has 2 nitrogen and oxygen atoms in total. The van der Waals surface area contributed by atoms with E-state index in [0.29, 0.717) is 17.8 Å². The fourth-order valence-electron chi connectivity index (χ4n) is 7.31. The molecule has 2 aromatic rings. The minimum atomic E-state index is -8.08. The van der Waals surface area contributed by atoms with Crippen molar-refractivity contribution >= 4 is 23.5 Å². The zero-order chi connectivity index (χ0) is 54.7. The molecule has 0 bridgehead atoms. The Morgan fingerprint density at radius 3 is 0.971 bits per heavy atom. The van der Waals surface area contributed by atoms with Crippen molar-refractivity contribution in [1.29, 1.82) is 0 Å². The predicted molar refractivity (Wildman–Crippen MR) is 205 cm³/mol. The summed E-state index contributed by atoms with van der Waals surface area (Å²) in [5.74, 6) is -81.0. The lowest BCUT2D eigenvalue weighted by molar-refractivity contribution is -0.436. The molecule has 0 aromatic heterocycles. The minimum Gasteiger partial charge on any atom is -0.349 e. The molecule has 0 N–H and O–H groups in total. The molecule has 0 saturated carbocycles. The molecule has 2 unspecified atom stereocenters. The van der Waals surface area contributed by atoms with E-state index in [-0.39, 0.29) is 53.4 Å². The van der Waals surface area contributed by atoms with Gasteiger partial charge < -0.3 is 9.80 Å². The van der Waals surface area contributed by atoms with Crippen LogP contribution in [0.25, 0.3) is 12.2 Å². The van der Waals surface area contributed by atoms with Crippen LogP contribution in [0.3, 0.4) is 0 Å². The summed E-state index contributed by atoms with van der Waals surface area (Å²) in [6.45, 7) is 12.0. The average Bonchev–Trinajstić information content (AvgIpc) is 3.61. The lowest BCUT2D eigenvalue weighted by atomic mass is 9.91. The first-order valence-corrected chi connectivity index (χ1v) is 20.0. The second-order valence-corrected chi connectivity index (χ2v) is 16.1. The van der Waals surface area contributed by atoms with Gasteiger partial charge in [-0.05, 0) is 110 Å². The Morgan fingerprint density at radius 1 is 0.464 bits per heavy atom. The Balaban J connectivity index is 0.00000805. The van der Waals surface area contributed by atoms with Gasteiger partial charge >= 0.3 is 71.3 Å². The molecule has 1 heterocycles. The lowest BCUT2D eigenvalue weighted by Gasteiger charge is -2.40. The van der Waals surface area contributed by atoms with Crippen molar-refractivity contribution in [1.82, 2.24) is 0 Å². The van der Waals surface area contributed by atoms with E-state index in [1.807, 2.05) is 13.8 Å². The second kappa shape index (κ2) is 19.1. The van der Waals surface area contributed by atoms with E-state index in [9.17, 15) is 110 Å². The number of anilines is 2. The maximum absolute atomic E-state index is 14.6. The number of aryl methyl sites for hydroxylation is 4. The Morgan fingerprint density at radius 2 is 0.725 bits per heavy atom. The summed E-state index contributed by atoms with van der Waals surface area (Å²) in [6.07, 6.45) is -9.98. The van der Waals surface area contributed by atoms with Crippen LogP contribution in [0, 0.1) is 33.6 Å². The third-order valence-corrected chi connectivity index (χ3v) is 11.1. The minimum absolute atomic E-state index is 0.0110. The Labute approximate surface area is 378 Å². The molecule has 1 fully saturated rings. The van der Waals surface area contributed by atoms with Gasteiger partial charge in [-0.25, -0.2) is 0 Å². The summed E-state index contributed by atoms with van der Waals surface area (Å²) in [6, 6.07) is 4.04. The number of rotatable bonds is 17. The van der Waals surface area contributed by atoms with E-state index in [0.717, 1.165) is 24.3 Å². The topological polar surface area (TPSA) is 6.48 Å². The molecule has 1 aliphatic rings. The van der Waals surface area contributed by atoms with Gasteiger partial charge in [0.2, 0.25) is 0 Å². The third-order valence-electron chi connectivity index (χ3n) is 11.1. The number of alkyl halides is 25. The molecule has 2 atom stereocenters. The standard InChI is InChI=1S/C40H37F25N2.C2H6/c1-8-19(2)28-66(26-20(3)15-24(16-21(26)4)9-11-30(43,44)33(49,50)36(55,56)35(53,54)32(47,48)29(7,41)42)13-14-67(28)27-22(5)17-25(18-23(27)6)10-12-31(45,46)34(51,52)37(57,58)38(59,60)39(61,62)40(63,64)65;1-2/h9-12,15-19,28H,8,13-14H2,1-7H3;1-2H3/b11-9+,12-10+;. The highest BCUT2D eigenvalue weighted by Crippen LogP contribution is 2.62. The van der Waals surface area contributed by atoms with Crippen molar-refractivity contribution < 1.29 is 110 Å². The number of hydrogen-bond acceptors (Lipinski definition) is 2. The van der Waals surface area contributed by atoms with Crippen LogP contribution in [0.2, 0.25) is 0 Å². The fourth-order valence-corrected chi connectivity index (χ4v) is 7.31. The highest BCUT2D eigenvalue weighted by Gasteiger charge is 2.91. The van der Waals surface area contributed by atoms with Crippen LogP contribution in [0.15, 0.2) is 36.4 Å². The molecule has 27 heteroatoms. The fraction of sp³-hybridized carbons (Fsp3) is 0.619. The zero-order valence-electron chi connectivity index (χ0n) is 37.2. The van der Waals surface area contributed by atoms with Crippen LogP contribution >= 0.6 is 0 Å². The van der Waals surface area contributed by atoms with Crippen molar-refractivity contribution in [3.63, 3.8) is 0 Å². The van der Waals surface area contributed by atoms with Crippen LogP contribution in [-0.4, -0.2) is 90.6 Å². The summed E-state index contributed by atoms with van der Waals surface area (Å²) >= 11 is 0. The van der Waals surface area contributed by atoms with Gasteiger partial charge in [-0.3, -0.25) is 0 Å². The molecule has 1 aliphatic heterocycles. The van der Waals surface area contributed by atoms with Crippen molar-refractivity contribution in [3.05, 3.63) is 69.8 Å². The van der Waals surface area contributed by atoms with E-state index in [1.165, 1.54) is 27.7 Å². The Kier molecular flexibility index (Phi) is 16.8. The van der Waals surface area contributed by atoms with Gasteiger partial charge in [0.15, 0.2) is 0 Å². The lowest BCUT2D eigenvalue weighted by Crippen LogP contribution is -2.70. The van der Waals surface area contributed by atoms with Crippen LogP contribution in [-0.2, 0) is 0 Å². The summed E-state index contributed by atoms with van der Waals surface area (Å²) in [5.41, 5.74) is 0.223. The first kappa shape index (κ1) is 60.9.